The van der Waals surface area contributed by atoms with Gasteiger partial charge in [0, 0.05) is 25.7 Å². The van der Waals surface area contributed by atoms with E-state index < -0.39 is 97.5 Å². The van der Waals surface area contributed by atoms with Gasteiger partial charge in [-0.3, -0.25) is 37.3 Å². The molecule has 0 rings (SSSR count). The van der Waals surface area contributed by atoms with E-state index in [4.69, 9.17) is 37.0 Å². The number of esters is 4. The van der Waals surface area contributed by atoms with Gasteiger partial charge in [-0.25, -0.2) is 9.13 Å². The van der Waals surface area contributed by atoms with Crippen LogP contribution in [0.25, 0.3) is 0 Å². The van der Waals surface area contributed by atoms with Crippen LogP contribution in [0.15, 0.2) is 134 Å². The van der Waals surface area contributed by atoms with Crippen LogP contribution in [0.5, 0.6) is 0 Å². The lowest BCUT2D eigenvalue weighted by molar-refractivity contribution is -0.161. The first-order chi connectivity index (χ1) is 48.7. The minimum Gasteiger partial charge on any atom is -0.462 e. The number of aliphatic hydroxyl groups is 1. The second-order valence-electron chi connectivity index (χ2n) is 25.2. The molecule has 0 spiro atoms. The van der Waals surface area contributed by atoms with Gasteiger partial charge in [0.1, 0.15) is 19.3 Å². The zero-order valence-corrected chi connectivity index (χ0v) is 64.1. The molecule has 0 radical (unpaired) electrons. The average Bonchev–Trinajstić information content (AvgIpc) is 0.930. The molecule has 3 N–H and O–H groups in total. The van der Waals surface area contributed by atoms with Crippen LogP contribution in [0.1, 0.15) is 297 Å². The van der Waals surface area contributed by atoms with E-state index in [1.54, 1.807) is 0 Å². The predicted octanol–water partition coefficient (Wildman–Crippen LogP) is 22.1. The smallest absolute Gasteiger partial charge is 0.462 e. The van der Waals surface area contributed by atoms with Gasteiger partial charge in [-0.2, -0.15) is 0 Å². The van der Waals surface area contributed by atoms with E-state index in [2.05, 4.69) is 161 Å². The van der Waals surface area contributed by atoms with Gasteiger partial charge in [-0.05, 0) is 148 Å². The number of aliphatic hydroxyl groups excluding tert-OH is 1. The summed E-state index contributed by atoms with van der Waals surface area (Å²) in [6, 6.07) is 0. The van der Waals surface area contributed by atoms with Crippen molar-refractivity contribution >= 4 is 39.5 Å². The molecule has 0 aromatic heterocycles. The van der Waals surface area contributed by atoms with E-state index in [0.717, 1.165) is 205 Å². The summed E-state index contributed by atoms with van der Waals surface area (Å²) in [6.45, 7) is 4.47. The molecule has 17 nitrogen and oxygen atoms in total. The lowest BCUT2D eigenvalue weighted by Gasteiger charge is -2.21. The number of rotatable bonds is 71. The first kappa shape index (κ1) is 95.2. The lowest BCUT2D eigenvalue weighted by atomic mass is 10.1. The topological polar surface area (TPSA) is 237 Å². The Kier molecular flexibility index (Phi) is 69.1. The highest BCUT2D eigenvalue weighted by Crippen LogP contribution is 2.45. The summed E-state index contributed by atoms with van der Waals surface area (Å²) in [6.07, 6.45) is 80.1. The summed E-state index contributed by atoms with van der Waals surface area (Å²) in [5.41, 5.74) is 0. The Bertz CT molecular complexity index is 2420. The monoisotopic (exact) mass is 1440 g/mol. The van der Waals surface area contributed by atoms with Gasteiger partial charge in [-0.1, -0.05) is 258 Å². The van der Waals surface area contributed by atoms with Crippen molar-refractivity contribution in [2.24, 2.45) is 0 Å². The Balaban J connectivity index is 5.38. The second-order valence-corrected chi connectivity index (χ2v) is 28.1. The maximum atomic E-state index is 13.1. The molecule has 0 bridgehead atoms. The number of phosphoric acid groups is 2. The quantitative estimate of drug-likeness (QED) is 0.0169. The molecule has 0 aromatic rings. The fourth-order valence-corrected chi connectivity index (χ4v) is 11.3. The Labute approximate surface area is 605 Å². The van der Waals surface area contributed by atoms with Gasteiger partial charge in [-0.15, -0.1) is 0 Å². The van der Waals surface area contributed by atoms with Crippen molar-refractivity contribution < 1.29 is 80.2 Å². The summed E-state index contributed by atoms with van der Waals surface area (Å²) in [4.78, 5) is 72.8. The van der Waals surface area contributed by atoms with E-state index in [-0.39, 0.29) is 25.7 Å². The Morgan fingerprint density at radius 3 is 0.850 bits per heavy atom. The first-order valence-electron chi connectivity index (χ1n) is 38.4. The minimum atomic E-state index is -4.99. The third kappa shape index (κ3) is 71.6. The van der Waals surface area contributed by atoms with E-state index >= 15 is 0 Å². The molecule has 0 saturated carbocycles. The van der Waals surface area contributed by atoms with Crippen LogP contribution in [0.3, 0.4) is 0 Å². The van der Waals surface area contributed by atoms with Crippen LogP contribution in [-0.2, 0) is 65.4 Å². The largest absolute Gasteiger partial charge is 0.472 e. The van der Waals surface area contributed by atoms with Crippen LogP contribution in [0.4, 0.5) is 0 Å². The van der Waals surface area contributed by atoms with Crippen LogP contribution in [0.2, 0.25) is 0 Å². The fourth-order valence-electron chi connectivity index (χ4n) is 9.75. The summed E-state index contributed by atoms with van der Waals surface area (Å²) < 4.78 is 68.4. The average molecular weight is 1440 g/mol. The van der Waals surface area contributed by atoms with Crippen molar-refractivity contribution in [1.29, 1.82) is 0 Å². The molecule has 5 unspecified atom stereocenters. The highest BCUT2D eigenvalue weighted by atomic mass is 31.2. The normalized spacial score (nSPS) is 14.7. The SMILES string of the molecule is CC/C=C\C/C=C\C/C=C\C/C=C\CCCCCCCCC(=O)OCC(COP(=O)(O)OCC(O)COP(=O)(O)OCC(COC(=O)CCCCCCC/C=C\C/C=C\CCC)OC(=O)CCCCCCC/C=C\CCCC)OC(=O)CCCCCC/C=C\C/C=C\C/C=C\C/C=C\CC. The van der Waals surface area contributed by atoms with Crippen LogP contribution in [0, 0.1) is 0 Å². The maximum Gasteiger partial charge on any atom is 0.472 e. The Hall–Kier alpha value is -4.80. The molecule has 19 heteroatoms. The van der Waals surface area contributed by atoms with Crippen molar-refractivity contribution in [2.45, 2.75) is 316 Å². The minimum absolute atomic E-state index is 0.0597. The number of unbranched alkanes of at least 4 members (excludes halogenated alkanes) is 23. The molecule has 0 amide bonds. The highest BCUT2D eigenvalue weighted by molar-refractivity contribution is 7.47. The van der Waals surface area contributed by atoms with E-state index in [1.165, 1.54) is 12.8 Å². The molecule has 0 aliphatic rings. The number of hydrogen-bond acceptors (Lipinski definition) is 15. The number of allylic oxidation sites excluding steroid dienone is 22. The molecular formula is C81H136O17P2. The molecule has 572 valence electrons. The molecule has 0 heterocycles. The molecule has 0 aliphatic carbocycles. The van der Waals surface area contributed by atoms with Crippen molar-refractivity contribution in [1.82, 2.24) is 0 Å². The van der Waals surface area contributed by atoms with E-state index in [0.29, 0.717) is 25.7 Å². The molecular weight excluding hydrogens is 1310 g/mol. The molecule has 0 saturated heterocycles. The van der Waals surface area contributed by atoms with Crippen molar-refractivity contribution in [2.75, 3.05) is 39.6 Å². The number of carbonyl (C=O) groups excluding carboxylic acids is 4. The summed E-state index contributed by atoms with van der Waals surface area (Å²) in [7, 11) is -9.97. The summed E-state index contributed by atoms with van der Waals surface area (Å²) in [5, 5.41) is 10.6. The van der Waals surface area contributed by atoms with E-state index in [1.807, 2.05) is 0 Å². The molecule has 0 aliphatic heterocycles. The molecule has 0 aromatic carbocycles. The third-order valence-corrected chi connectivity index (χ3v) is 17.5. The fraction of sp³-hybridized carbons (Fsp3) is 0.679. The van der Waals surface area contributed by atoms with Gasteiger partial charge in [0.2, 0.25) is 0 Å². The van der Waals surface area contributed by atoms with Gasteiger partial charge >= 0.3 is 39.5 Å². The van der Waals surface area contributed by atoms with Gasteiger partial charge < -0.3 is 33.8 Å². The molecule has 0 fully saturated rings. The van der Waals surface area contributed by atoms with Crippen molar-refractivity contribution in [3.05, 3.63) is 134 Å². The molecule has 5 atom stereocenters. The number of hydrogen-bond donors (Lipinski definition) is 3. The van der Waals surface area contributed by atoms with Gasteiger partial charge in [0.15, 0.2) is 12.2 Å². The lowest BCUT2D eigenvalue weighted by Crippen LogP contribution is -2.30. The van der Waals surface area contributed by atoms with Crippen LogP contribution < -0.4 is 0 Å². The zero-order chi connectivity index (χ0) is 73.2. The van der Waals surface area contributed by atoms with E-state index in [9.17, 15) is 43.2 Å². The van der Waals surface area contributed by atoms with Crippen LogP contribution >= 0.6 is 15.6 Å². The van der Waals surface area contributed by atoms with Gasteiger partial charge in [0.25, 0.3) is 0 Å². The van der Waals surface area contributed by atoms with Crippen molar-refractivity contribution in [3.63, 3.8) is 0 Å². The predicted molar refractivity (Wildman–Crippen MR) is 408 cm³/mol. The molecule has 100 heavy (non-hydrogen) atoms. The van der Waals surface area contributed by atoms with Crippen LogP contribution in [-0.4, -0.2) is 96.7 Å². The highest BCUT2D eigenvalue weighted by Gasteiger charge is 2.30. The number of phosphoric ester groups is 2. The summed E-state index contributed by atoms with van der Waals surface area (Å²) in [5.74, 6) is -2.24. The Morgan fingerprint density at radius 1 is 0.290 bits per heavy atom. The Morgan fingerprint density at radius 2 is 0.540 bits per heavy atom. The van der Waals surface area contributed by atoms with Gasteiger partial charge in [0.05, 0.1) is 26.4 Å². The second kappa shape index (κ2) is 72.5. The standard InChI is InChI=1S/C81H136O17P2/c1-5-9-13-17-21-25-29-32-34-36-37-39-40-43-47-50-54-58-62-66-79(84)92-72-77(98-81(86)68-64-60-56-52-48-44-41-38-35-33-30-26-22-18-14-10-6-2)74-96-100(89,90)94-70-75(82)69-93-99(87,88)95-73-76(97-80(85)67-63-59-55-51-45-28-24-20-16-12-8-4)71-91-78(83)65-61-57-53-49-46-42-31-27-23-19-15-11-7-3/h9-10,13-15,19-22,24-27,31-35,37,39,41,44,75-77,82H,5-8,11-12,16-18,23,28-30,36,38,40,42-43,45-74H2,1-4H3,(H,87,88)(H,89,90)/b13-9-,14-10-,19-15-,24-20-,25-21-,26-22-,31-27-,34-32-,35-33-,39-37-,44-41-. The van der Waals surface area contributed by atoms with Crippen molar-refractivity contribution in [3.8, 4) is 0 Å². The number of ether oxygens (including phenoxy) is 4. The summed E-state index contributed by atoms with van der Waals surface area (Å²) >= 11 is 0. The number of carbonyl (C=O) groups is 4. The maximum absolute atomic E-state index is 13.1. The third-order valence-electron chi connectivity index (χ3n) is 15.6. The zero-order valence-electron chi connectivity index (χ0n) is 62.3. The first-order valence-corrected chi connectivity index (χ1v) is 41.4.